The highest BCUT2D eigenvalue weighted by Gasteiger charge is 2.30. The topological polar surface area (TPSA) is 42.2 Å². The number of nitrogens with zero attached hydrogens (tertiary/aromatic N) is 2. The SMILES string of the molecule is CC1CC(C)C(C)N(c2ncccc2[C@H](C)N)C1. The summed E-state index contributed by atoms with van der Waals surface area (Å²) in [6.45, 7) is 10.1. The first kappa shape index (κ1) is 13.3. The van der Waals surface area contributed by atoms with Crippen LogP contribution in [0.25, 0.3) is 0 Å². The van der Waals surface area contributed by atoms with Gasteiger partial charge in [-0.05, 0) is 38.2 Å². The van der Waals surface area contributed by atoms with Crippen molar-refractivity contribution in [2.45, 2.75) is 46.2 Å². The highest BCUT2D eigenvalue weighted by molar-refractivity contribution is 5.49. The third-order valence-electron chi connectivity index (χ3n) is 4.18. The first-order chi connectivity index (χ1) is 8.50. The van der Waals surface area contributed by atoms with Gasteiger partial charge < -0.3 is 10.6 Å². The lowest BCUT2D eigenvalue weighted by atomic mass is 9.85. The molecule has 2 heterocycles. The van der Waals surface area contributed by atoms with Crippen LogP contribution in [0.15, 0.2) is 18.3 Å². The molecule has 1 aromatic rings. The Hall–Kier alpha value is -1.09. The summed E-state index contributed by atoms with van der Waals surface area (Å²) in [6.07, 6.45) is 3.18. The van der Waals surface area contributed by atoms with Crippen molar-refractivity contribution in [1.29, 1.82) is 0 Å². The van der Waals surface area contributed by atoms with E-state index in [1.165, 1.54) is 6.42 Å². The predicted molar refractivity (Wildman–Crippen MR) is 76.6 cm³/mol. The summed E-state index contributed by atoms with van der Waals surface area (Å²) in [5.41, 5.74) is 7.23. The van der Waals surface area contributed by atoms with Gasteiger partial charge in [-0.3, -0.25) is 0 Å². The molecule has 0 radical (unpaired) electrons. The maximum absolute atomic E-state index is 6.07. The summed E-state index contributed by atoms with van der Waals surface area (Å²) >= 11 is 0. The Labute approximate surface area is 110 Å². The Bertz CT molecular complexity index is 402. The van der Waals surface area contributed by atoms with Gasteiger partial charge in [0.15, 0.2) is 0 Å². The van der Waals surface area contributed by atoms with Crippen molar-refractivity contribution in [2.24, 2.45) is 17.6 Å². The van der Waals surface area contributed by atoms with Crippen molar-refractivity contribution in [3.63, 3.8) is 0 Å². The van der Waals surface area contributed by atoms with E-state index in [0.717, 1.165) is 23.8 Å². The molecule has 0 aliphatic carbocycles. The van der Waals surface area contributed by atoms with Crippen molar-refractivity contribution in [2.75, 3.05) is 11.4 Å². The summed E-state index contributed by atoms with van der Waals surface area (Å²) in [5.74, 6) is 2.51. The monoisotopic (exact) mass is 247 g/mol. The Morgan fingerprint density at radius 3 is 2.78 bits per heavy atom. The molecule has 2 N–H and O–H groups in total. The zero-order valence-electron chi connectivity index (χ0n) is 11.9. The number of rotatable bonds is 2. The van der Waals surface area contributed by atoms with E-state index >= 15 is 0 Å². The lowest BCUT2D eigenvalue weighted by molar-refractivity contribution is 0.295. The number of piperidine rings is 1. The molecule has 1 aliphatic heterocycles. The molecule has 3 heteroatoms. The quantitative estimate of drug-likeness (QED) is 0.873. The molecule has 18 heavy (non-hydrogen) atoms. The van der Waals surface area contributed by atoms with E-state index in [9.17, 15) is 0 Å². The van der Waals surface area contributed by atoms with Gasteiger partial charge in [0.2, 0.25) is 0 Å². The second-order valence-corrected chi connectivity index (χ2v) is 5.92. The maximum Gasteiger partial charge on any atom is 0.133 e. The van der Waals surface area contributed by atoms with Gasteiger partial charge in [0.25, 0.3) is 0 Å². The zero-order chi connectivity index (χ0) is 13.3. The minimum atomic E-state index is 0.0356. The molecule has 0 spiro atoms. The van der Waals surface area contributed by atoms with Crippen LogP contribution in [0.3, 0.4) is 0 Å². The molecule has 1 aliphatic rings. The van der Waals surface area contributed by atoms with Crippen molar-refractivity contribution >= 4 is 5.82 Å². The van der Waals surface area contributed by atoms with Crippen molar-refractivity contribution in [3.8, 4) is 0 Å². The minimum Gasteiger partial charge on any atom is -0.353 e. The summed E-state index contributed by atoms with van der Waals surface area (Å²) in [5, 5.41) is 0. The summed E-state index contributed by atoms with van der Waals surface area (Å²) in [7, 11) is 0. The Morgan fingerprint density at radius 2 is 2.11 bits per heavy atom. The molecule has 0 amide bonds. The molecule has 2 rings (SSSR count). The number of aromatic nitrogens is 1. The van der Waals surface area contributed by atoms with Crippen molar-refractivity contribution in [3.05, 3.63) is 23.9 Å². The van der Waals surface area contributed by atoms with Gasteiger partial charge in [0.1, 0.15) is 5.82 Å². The fourth-order valence-electron chi connectivity index (χ4n) is 3.00. The van der Waals surface area contributed by atoms with Gasteiger partial charge in [-0.25, -0.2) is 4.98 Å². The van der Waals surface area contributed by atoms with E-state index in [-0.39, 0.29) is 6.04 Å². The van der Waals surface area contributed by atoms with E-state index in [0.29, 0.717) is 12.0 Å². The van der Waals surface area contributed by atoms with Crippen molar-refractivity contribution < 1.29 is 0 Å². The van der Waals surface area contributed by atoms with Crippen molar-refractivity contribution in [1.82, 2.24) is 4.98 Å². The van der Waals surface area contributed by atoms with Gasteiger partial charge in [0, 0.05) is 30.4 Å². The van der Waals surface area contributed by atoms with E-state index in [1.807, 2.05) is 19.2 Å². The van der Waals surface area contributed by atoms with E-state index in [2.05, 4.69) is 36.7 Å². The van der Waals surface area contributed by atoms with Gasteiger partial charge >= 0.3 is 0 Å². The van der Waals surface area contributed by atoms with Crippen LogP contribution in [0.2, 0.25) is 0 Å². The fraction of sp³-hybridized carbons (Fsp3) is 0.667. The number of anilines is 1. The molecular weight excluding hydrogens is 222 g/mol. The normalized spacial score (nSPS) is 30.3. The Morgan fingerprint density at radius 1 is 1.39 bits per heavy atom. The highest BCUT2D eigenvalue weighted by Crippen LogP contribution is 2.33. The number of nitrogens with two attached hydrogens (primary N) is 1. The number of hydrogen-bond donors (Lipinski definition) is 1. The molecule has 4 atom stereocenters. The summed E-state index contributed by atoms with van der Waals surface area (Å²) < 4.78 is 0. The first-order valence-electron chi connectivity index (χ1n) is 6.97. The standard InChI is InChI=1S/C15H25N3/c1-10-8-11(2)13(4)18(9-10)15-14(12(3)16)6-5-7-17-15/h5-7,10-13H,8-9,16H2,1-4H3/t10?,11?,12-,13?/m0/s1. The Balaban J connectivity index is 2.35. The van der Waals surface area contributed by atoms with E-state index in [1.54, 1.807) is 0 Å². The lowest BCUT2D eigenvalue weighted by Crippen LogP contribution is -2.46. The molecule has 0 aromatic carbocycles. The third-order valence-corrected chi connectivity index (χ3v) is 4.18. The van der Waals surface area contributed by atoms with Crippen LogP contribution in [0, 0.1) is 11.8 Å². The molecule has 0 saturated carbocycles. The first-order valence-corrected chi connectivity index (χ1v) is 6.97. The van der Waals surface area contributed by atoms with E-state index < -0.39 is 0 Å². The zero-order valence-corrected chi connectivity index (χ0v) is 11.9. The molecule has 1 saturated heterocycles. The van der Waals surface area contributed by atoms with Crippen LogP contribution in [0.5, 0.6) is 0 Å². The molecule has 1 fully saturated rings. The molecule has 3 unspecified atom stereocenters. The minimum absolute atomic E-state index is 0.0356. The largest absolute Gasteiger partial charge is 0.353 e. The average Bonchev–Trinajstić information content (AvgIpc) is 2.33. The van der Waals surface area contributed by atoms with Crippen LogP contribution in [0.4, 0.5) is 5.82 Å². The third kappa shape index (κ3) is 2.51. The average molecular weight is 247 g/mol. The van der Waals surface area contributed by atoms with Gasteiger partial charge in [-0.1, -0.05) is 19.9 Å². The molecule has 1 aromatic heterocycles. The highest BCUT2D eigenvalue weighted by atomic mass is 15.2. The van der Waals surface area contributed by atoms with Crippen LogP contribution in [-0.2, 0) is 0 Å². The van der Waals surface area contributed by atoms with Crippen LogP contribution in [-0.4, -0.2) is 17.6 Å². The molecule has 0 bridgehead atoms. The second kappa shape index (κ2) is 5.27. The van der Waals surface area contributed by atoms with Gasteiger partial charge in [0.05, 0.1) is 0 Å². The van der Waals surface area contributed by atoms with Gasteiger partial charge in [-0.2, -0.15) is 0 Å². The number of hydrogen-bond acceptors (Lipinski definition) is 3. The van der Waals surface area contributed by atoms with Gasteiger partial charge in [-0.15, -0.1) is 0 Å². The smallest absolute Gasteiger partial charge is 0.133 e. The summed E-state index contributed by atoms with van der Waals surface area (Å²) in [4.78, 5) is 7.03. The molecule has 3 nitrogen and oxygen atoms in total. The second-order valence-electron chi connectivity index (χ2n) is 5.92. The predicted octanol–water partition coefficient (Wildman–Crippen LogP) is 2.97. The van der Waals surface area contributed by atoms with Crippen LogP contribution >= 0.6 is 0 Å². The van der Waals surface area contributed by atoms with E-state index in [4.69, 9.17) is 5.73 Å². The van der Waals surface area contributed by atoms with Crippen LogP contribution in [0.1, 0.15) is 45.7 Å². The summed E-state index contributed by atoms with van der Waals surface area (Å²) in [6, 6.07) is 4.65. The molecule has 100 valence electrons. The Kier molecular flexibility index (Phi) is 3.91. The van der Waals surface area contributed by atoms with Crippen LogP contribution < -0.4 is 10.6 Å². The number of pyridine rings is 1. The lowest BCUT2D eigenvalue weighted by Gasteiger charge is -2.42. The fourth-order valence-corrected chi connectivity index (χ4v) is 3.00. The maximum atomic E-state index is 6.07. The molecular formula is C15H25N3.